The lowest BCUT2D eigenvalue weighted by atomic mass is 10.6. The maximum Gasteiger partial charge on any atom is 0.180 e. The SMILES string of the molecule is COCCOCc1nnc2cncc(Cl)n12. The zero-order valence-corrected chi connectivity index (χ0v) is 9.52. The summed E-state index contributed by atoms with van der Waals surface area (Å²) in [4.78, 5) is 3.92. The molecule has 2 heterocycles. The molecule has 0 aromatic carbocycles. The molecular weight excluding hydrogens is 232 g/mol. The second kappa shape index (κ2) is 5.20. The van der Waals surface area contributed by atoms with Gasteiger partial charge in [-0.1, -0.05) is 11.6 Å². The van der Waals surface area contributed by atoms with Crippen LogP contribution >= 0.6 is 11.6 Å². The summed E-state index contributed by atoms with van der Waals surface area (Å²) in [6, 6.07) is 0. The van der Waals surface area contributed by atoms with Crippen molar-refractivity contribution in [2.75, 3.05) is 20.3 Å². The Morgan fingerprint density at radius 1 is 1.31 bits per heavy atom. The Hall–Kier alpha value is -1.24. The molecule has 0 saturated heterocycles. The van der Waals surface area contributed by atoms with E-state index < -0.39 is 0 Å². The van der Waals surface area contributed by atoms with Crippen molar-refractivity contribution in [3.05, 3.63) is 23.4 Å². The molecule has 0 aliphatic heterocycles. The summed E-state index contributed by atoms with van der Waals surface area (Å²) in [7, 11) is 1.62. The molecule has 0 atom stereocenters. The monoisotopic (exact) mass is 242 g/mol. The van der Waals surface area contributed by atoms with Gasteiger partial charge in [-0.05, 0) is 0 Å². The van der Waals surface area contributed by atoms with E-state index >= 15 is 0 Å². The Morgan fingerprint density at radius 3 is 3.00 bits per heavy atom. The highest BCUT2D eigenvalue weighted by Crippen LogP contribution is 2.12. The Balaban J connectivity index is 2.12. The van der Waals surface area contributed by atoms with Crippen LogP contribution in [0.15, 0.2) is 12.4 Å². The highest BCUT2D eigenvalue weighted by Gasteiger charge is 2.08. The van der Waals surface area contributed by atoms with Crippen molar-refractivity contribution in [3.8, 4) is 0 Å². The van der Waals surface area contributed by atoms with E-state index in [4.69, 9.17) is 21.1 Å². The van der Waals surface area contributed by atoms with Gasteiger partial charge in [-0.3, -0.25) is 9.38 Å². The normalized spacial score (nSPS) is 11.1. The van der Waals surface area contributed by atoms with Gasteiger partial charge in [-0.25, -0.2) is 0 Å². The molecule has 2 aromatic rings. The lowest BCUT2D eigenvalue weighted by Crippen LogP contribution is -2.05. The summed E-state index contributed by atoms with van der Waals surface area (Å²) in [5, 5.41) is 8.38. The number of hydrogen-bond donors (Lipinski definition) is 0. The fourth-order valence-electron chi connectivity index (χ4n) is 1.27. The van der Waals surface area contributed by atoms with Crippen LogP contribution in [0.25, 0.3) is 5.65 Å². The van der Waals surface area contributed by atoms with Crippen LogP contribution < -0.4 is 0 Å². The van der Waals surface area contributed by atoms with Crippen molar-refractivity contribution < 1.29 is 9.47 Å². The van der Waals surface area contributed by atoms with Crippen molar-refractivity contribution >= 4 is 17.2 Å². The van der Waals surface area contributed by atoms with Crippen molar-refractivity contribution in [1.82, 2.24) is 19.6 Å². The van der Waals surface area contributed by atoms with E-state index in [2.05, 4.69) is 15.2 Å². The van der Waals surface area contributed by atoms with E-state index in [9.17, 15) is 0 Å². The molecule has 0 aliphatic rings. The Bertz CT molecular complexity index is 473. The van der Waals surface area contributed by atoms with E-state index in [1.165, 1.54) is 6.20 Å². The lowest BCUT2D eigenvalue weighted by molar-refractivity contribution is 0.0582. The van der Waals surface area contributed by atoms with Crippen LogP contribution in [0.2, 0.25) is 5.15 Å². The molecule has 0 bridgehead atoms. The molecule has 0 aliphatic carbocycles. The number of hydrogen-bond acceptors (Lipinski definition) is 5. The van der Waals surface area contributed by atoms with E-state index in [0.717, 1.165) is 0 Å². The average molecular weight is 243 g/mol. The van der Waals surface area contributed by atoms with E-state index in [0.29, 0.717) is 36.4 Å². The van der Waals surface area contributed by atoms with Gasteiger partial charge in [0.25, 0.3) is 0 Å². The van der Waals surface area contributed by atoms with Gasteiger partial charge in [0.1, 0.15) is 11.8 Å². The number of fused-ring (bicyclic) bond motifs is 1. The van der Waals surface area contributed by atoms with Gasteiger partial charge >= 0.3 is 0 Å². The van der Waals surface area contributed by atoms with Crippen LogP contribution in [-0.4, -0.2) is 39.9 Å². The highest BCUT2D eigenvalue weighted by atomic mass is 35.5. The maximum absolute atomic E-state index is 5.98. The molecule has 86 valence electrons. The third-order valence-corrected chi connectivity index (χ3v) is 2.27. The van der Waals surface area contributed by atoms with Crippen molar-refractivity contribution in [2.45, 2.75) is 6.61 Å². The van der Waals surface area contributed by atoms with E-state index in [-0.39, 0.29) is 0 Å². The number of halogens is 1. The molecule has 0 radical (unpaired) electrons. The molecule has 2 aromatic heterocycles. The number of methoxy groups -OCH3 is 1. The van der Waals surface area contributed by atoms with Crippen LogP contribution in [-0.2, 0) is 16.1 Å². The molecule has 0 amide bonds. The number of aromatic nitrogens is 4. The quantitative estimate of drug-likeness (QED) is 0.731. The average Bonchev–Trinajstić information content (AvgIpc) is 2.69. The predicted octanol–water partition coefficient (Wildman–Crippen LogP) is 0.941. The minimum Gasteiger partial charge on any atom is -0.382 e. The summed E-state index contributed by atoms with van der Waals surface area (Å²) in [5.74, 6) is 0.651. The molecule has 0 N–H and O–H groups in total. The van der Waals surface area contributed by atoms with Gasteiger partial charge in [-0.2, -0.15) is 0 Å². The number of nitrogens with zero attached hydrogens (tertiary/aromatic N) is 4. The van der Waals surface area contributed by atoms with Gasteiger partial charge in [0, 0.05) is 7.11 Å². The number of rotatable bonds is 5. The molecular formula is C9H11ClN4O2. The summed E-state index contributed by atoms with van der Waals surface area (Å²) < 4.78 is 11.9. The van der Waals surface area contributed by atoms with E-state index in [1.54, 1.807) is 17.7 Å². The van der Waals surface area contributed by atoms with Crippen LogP contribution in [0, 0.1) is 0 Å². The predicted molar refractivity (Wildman–Crippen MR) is 57.3 cm³/mol. The second-order valence-electron chi connectivity index (χ2n) is 3.09. The fourth-order valence-corrected chi connectivity index (χ4v) is 1.51. The first-order valence-electron chi connectivity index (χ1n) is 4.73. The van der Waals surface area contributed by atoms with Crippen LogP contribution in [0.5, 0.6) is 0 Å². The van der Waals surface area contributed by atoms with E-state index in [1.807, 2.05) is 0 Å². The minimum atomic E-state index is 0.342. The summed E-state index contributed by atoms with van der Waals surface area (Å²) in [5.41, 5.74) is 0.609. The molecule has 16 heavy (non-hydrogen) atoms. The van der Waals surface area contributed by atoms with Crippen LogP contribution in [0.1, 0.15) is 5.82 Å². The second-order valence-corrected chi connectivity index (χ2v) is 3.47. The van der Waals surface area contributed by atoms with Crippen LogP contribution in [0.4, 0.5) is 0 Å². The Kier molecular flexibility index (Phi) is 3.66. The lowest BCUT2D eigenvalue weighted by Gasteiger charge is -2.03. The molecule has 6 nitrogen and oxygen atoms in total. The first kappa shape index (κ1) is 11.3. The topological polar surface area (TPSA) is 61.5 Å². The molecule has 2 rings (SSSR count). The molecule has 7 heteroatoms. The van der Waals surface area contributed by atoms with Gasteiger partial charge < -0.3 is 9.47 Å². The van der Waals surface area contributed by atoms with Gasteiger partial charge in [0.05, 0.1) is 25.6 Å². The standard InChI is InChI=1S/C9H11ClN4O2/c1-15-2-3-16-6-9-13-12-8-5-11-4-7(10)14(8)9/h4-5H,2-3,6H2,1H3. The van der Waals surface area contributed by atoms with Gasteiger partial charge in [0.15, 0.2) is 11.5 Å². The third-order valence-electron chi connectivity index (χ3n) is 2.00. The largest absolute Gasteiger partial charge is 0.382 e. The minimum absolute atomic E-state index is 0.342. The van der Waals surface area contributed by atoms with Crippen molar-refractivity contribution in [2.24, 2.45) is 0 Å². The molecule has 0 spiro atoms. The van der Waals surface area contributed by atoms with Crippen molar-refractivity contribution in [1.29, 1.82) is 0 Å². The fraction of sp³-hybridized carbons (Fsp3) is 0.444. The summed E-state index contributed by atoms with van der Waals surface area (Å²) >= 11 is 5.98. The zero-order chi connectivity index (χ0) is 11.4. The molecule has 0 unspecified atom stereocenters. The Labute approximate surface area is 97.2 Å². The first-order valence-corrected chi connectivity index (χ1v) is 5.11. The highest BCUT2D eigenvalue weighted by molar-refractivity contribution is 6.29. The molecule has 0 saturated carbocycles. The Morgan fingerprint density at radius 2 is 2.19 bits per heavy atom. The smallest absolute Gasteiger partial charge is 0.180 e. The summed E-state index contributed by atoms with van der Waals surface area (Å²) in [6.45, 7) is 1.40. The van der Waals surface area contributed by atoms with Crippen LogP contribution in [0.3, 0.4) is 0 Å². The summed E-state index contributed by atoms with van der Waals surface area (Å²) in [6.07, 6.45) is 3.13. The maximum atomic E-state index is 5.98. The van der Waals surface area contributed by atoms with Gasteiger partial charge in [-0.15, -0.1) is 10.2 Å². The first-order chi connectivity index (χ1) is 7.83. The third kappa shape index (κ3) is 2.29. The van der Waals surface area contributed by atoms with Gasteiger partial charge in [0.2, 0.25) is 0 Å². The van der Waals surface area contributed by atoms with Crippen molar-refractivity contribution in [3.63, 3.8) is 0 Å². The molecule has 0 fully saturated rings. The number of ether oxygens (including phenoxy) is 2. The zero-order valence-electron chi connectivity index (χ0n) is 8.76.